The molecule has 2 nitrogen and oxygen atoms in total. The number of rotatable bonds is 13. The monoisotopic (exact) mass is 556 g/mol. The number of hydrogen-bond acceptors (Lipinski definition) is 0. The molecule has 6 rings (SSSR count). The van der Waals surface area contributed by atoms with E-state index in [1.165, 1.54) is 106 Å². The third-order valence-corrected chi connectivity index (χ3v) is 9.85. The molecule has 2 heteroatoms. The van der Waals surface area contributed by atoms with E-state index >= 15 is 0 Å². The fourth-order valence-electron chi connectivity index (χ4n) is 7.21. The lowest BCUT2D eigenvalue weighted by atomic mass is 9.99. The van der Waals surface area contributed by atoms with E-state index < -0.39 is 0 Å². The van der Waals surface area contributed by atoms with Crippen LogP contribution in [0, 0.1) is 11.8 Å². The van der Waals surface area contributed by atoms with Crippen molar-refractivity contribution in [3.05, 3.63) is 84.9 Å². The number of para-hydroxylation sites is 2. The number of benzene rings is 4. The molecule has 2 atom stereocenters. The van der Waals surface area contributed by atoms with Crippen molar-refractivity contribution in [1.82, 2.24) is 9.13 Å². The molecule has 0 radical (unpaired) electrons. The lowest BCUT2D eigenvalue weighted by Crippen LogP contribution is -2.10. The van der Waals surface area contributed by atoms with Crippen LogP contribution in [0.5, 0.6) is 0 Å². The molecule has 0 aliphatic carbocycles. The first kappa shape index (κ1) is 28.6. The van der Waals surface area contributed by atoms with E-state index in [9.17, 15) is 0 Å². The Morgan fingerprint density at radius 3 is 1.29 bits per heavy atom. The number of hydrogen-bond donors (Lipinski definition) is 0. The predicted octanol–water partition coefficient (Wildman–Crippen LogP) is 12.0. The van der Waals surface area contributed by atoms with E-state index in [0.717, 1.165) is 24.9 Å². The van der Waals surface area contributed by atoms with Crippen molar-refractivity contribution in [2.75, 3.05) is 0 Å². The third-order valence-electron chi connectivity index (χ3n) is 9.85. The Labute approximate surface area is 252 Å². The van der Waals surface area contributed by atoms with E-state index in [-0.39, 0.29) is 0 Å². The first-order valence-corrected chi connectivity index (χ1v) is 16.7. The minimum absolute atomic E-state index is 0.720. The van der Waals surface area contributed by atoms with Crippen LogP contribution in [0.15, 0.2) is 84.9 Å². The molecular weight excluding hydrogens is 508 g/mol. The summed E-state index contributed by atoms with van der Waals surface area (Å²) in [4.78, 5) is 0. The Hall–Kier alpha value is -3.52. The van der Waals surface area contributed by atoms with Crippen LogP contribution in [0.1, 0.15) is 79.1 Å². The predicted molar refractivity (Wildman–Crippen MR) is 184 cm³/mol. The minimum Gasteiger partial charge on any atom is -0.340 e. The Morgan fingerprint density at radius 2 is 0.881 bits per heavy atom. The second-order valence-electron chi connectivity index (χ2n) is 12.6. The van der Waals surface area contributed by atoms with Crippen LogP contribution in [0.2, 0.25) is 0 Å². The van der Waals surface area contributed by atoms with Gasteiger partial charge >= 0.3 is 0 Å². The average Bonchev–Trinajstić information content (AvgIpc) is 3.52. The number of nitrogens with zero attached hydrogens (tertiary/aromatic N) is 2. The molecule has 0 amide bonds. The maximum Gasteiger partial charge on any atom is 0.0491 e. The molecule has 2 aromatic heterocycles. The molecule has 42 heavy (non-hydrogen) atoms. The van der Waals surface area contributed by atoms with Crippen LogP contribution in [0.4, 0.5) is 0 Å². The van der Waals surface area contributed by atoms with Crippen molar-refractivity contribution in [2.45, 2.75) is 92.2 Å². The largest absolute Gasteiger partial charge is 0.340 e. The number of aromatic nitrogens is 2. The van der Waals surface area contributed by atoms with Gasteiger partial charge in [-0.25, -0.2) is 0 Å². The minimum atomic E-state index is 0.720. The van der Waals surface area contributed by atoms with Gasteiger partial charge in [0.2, 0.25) is 0 Å². The highest BCUT2D eigenvalue weighted by molar-refractivity contribution is 6.11. The van der Waals surface area contributed by atoms with E-state index in [2.05, 4.69) is 122 Å². The summed E-state index contributed by atoms with van der Waals surface area (Å²) in [6, 6.07) is 32.4. The van der Waals surface area contributed by atoms with Gasteiger partial charge in [0.25, 0.3) is 0 Å². The molecule has 0 N–H and O–H groups in total. The van der Waals surface area contributed by atoms with Crippen molar-refractivity contribution < 1.29 is 0 Å². The molecule has 2 heterocycles. The van der Waals surface area contributed by atoms with E-state index in [0.29, 0.717) is 0 Å². The van der Waals surface area contributed by atoms with Crippen LogP contribution >= 0.6 is 0 Å². The lowest BCUT2D eigenvalue weighted by molar-refractivity contribution is 0.401. The highest BCUT2D eigenvalue weighted by Gasteiger charge is 2.17. The molecule has 6 aromatic rings. The summed E-state index contributed by atoms with van der Waals surface area (Å²) in [5, 5.41) is 5.49. The summed E-state index contributed by atoms with van der Waals surface area (Å²) in [5.41, 5.74) is 8.07. The fourth-order valence-corrected chi connectivity index (χ4v) is 7.21. The summed E-state index contributed by atoms with van der Waals surface area (Å²) in [5.74, 6) is 1.44. The van der Waals surface area contributed by atoms with Crippen molar-refractivity contribution in [2.24, 2.45) is 11.8 Å². The number of fused-ring (bicyclic) bond motifs is 6. The third kappa shape index (κ3) is 5.37. The smallest absolute Gasteiger partial charge is 0.0491 e. The zero-order valence-electron chi connectivity index (χ0n) is 26.2. The van der Waals surface area contributed by atoms with Crippen LogP contribution < -0.4 is 0 Å². The standard InChI is InChI=1S/C40H48N2/c1-5-9-15-29(7-3)27-41-37-19-13-11-17-33(37)35-25-31(21-23-39(35)41)32-22-24-40-36(26-32)34-18-12-14-20-38(34)42(40)28-30(8-4)16-10-6-2/h11-14,17-26,29-30H,5-10,15-16,27-28H2,1-4H3. The van der Waals surface area contributed by atoms with Gasteiger partial charge in [-0.15, -0.1) is 0 Å². The van der Waals surface area contributed by atoms with Crippen LogP contribution in [0.3, 0.4) is 0 Å². The maximum atomic E-state index is 2.60. The van der Waals surface area contributed by atoms with Crippen LogP contribution in [-0.4, -0.2) is 9.13 Å². The van der Waals surface area contributed by atoms with E-state index in [4.69, 9.17) is 0 Å². The van der Waals surface area contributed by atoms with Crippen molar-refractivity contribution >= 4 is 43.6 Å². The Kier molecular flexibility index (Phi) is 8.70. The highest BCUT2D eigenvalue weighted by atomic mass is 15.0. The van der Waals surface area contributed by atoms with Crippen LogP contribution in [0.25, 0.3) is 54.7 Å². The zero-order valence-corrected chi connectivity index (χ0v) is 26.2. The zero-order chi connectivity index (χ0) is 29.1. The first-order chi connectivity index (χ1) is 20.7. The van der Waals surface area contributed by atoms with Gasteiger partial charge in [-0.05, 0) is 72.2 Å². The fraction of sp³-hybridized carbons (Fsp3) is 0.400. The van der Waals surface area contributed by atoms with Gasteiger partial charge in [0.05, 0.1) is 0 Å². The molecular formula is C40H48N2. The molecule has 0 aliphatic heterocycles. The second-order valence-corrected chi connectivity index (χ2v) is 12.6. The van der Waals surface area contributed by atoms with Gasteiger partial charge in [-0.3, -0.25) is 0 Å². The van der Waals surface area contributed by atoms with Gasteiger partial charge in [-0.2, -0.15) is 0 Å². The maximum absolute atomic E-state index is 2.60. The SMILES string of the molecule is CCCCC(CC)Cn1c2ccccc2c2cc(-c3ccc4c(c3)c3ccccc3n4CC(CC)CCCC)ccc21. The van der Waals surface area contributed by atoms with Gasteiger partial charge in [0.15, 0.2) is 0 Å². The summed E-state index contributed by atoms with van der Waals surface area (Å²) in [6.07, 6.45) is 10.3. The highest BCUT2D eigenvalue weighted by Crippen LogP contribution is 2.37. The average molecular weight is 557 g/mol. The topological polar surface area (TPSA) is 9.86 Å². The molecule has 0 fully saturated rings. The normalized spacial score (nSPS) is 13.5. The Morgan fingerprint density at radius 1 is 0.476 bits per heavy atom. The summed E-state index contributed by atoms with van der Waals surface area (Å²) < 4.78 is 5.19. The van der Waals surface area contributed by atoms with Crippen molar-refractivity contribution in [1.29, 1.82) is 0 Å². The molecule has 0 spiro atoms. The first-order valence-electron chi connectivity index (χ1n) is 16.7. The van der Waals surface area contributed by atoms with Crippen molar-refractivity contribution in [3.8, 4) is 11.1 Å². The van der Waals surface area contributed by atoms with Gasteiger partial charge in [-0.1, -0.05) is 115 Å². The molecule has 0 saturated heterocycles. The molecule has 2 unspecified atom stereocenters. The lowest BCUT2D eigenvalue weighted by Gasteiger charge is -2.17. The molecule has 4 aromatic carbocycles. The van der Waals surface area contributed by atoms with E-state index in [1.807, 2.05) is 0 Å². The molecule has 0 bridgehead atoms. The van der Waals surface area contributed by atoms with Gasteiger partial charge in [0, 0.05) is 56.7 Å². The Bertz CT molecular complexity index is 1670. The summed E-state index contributed by atoms with van der Waals surface area (Å²) >= 11 is 0. The van der Waals surface area contributed by atoms with Gasteiger partial charge in [0.1, 0.15) is 0 Å². The second kappa shape index (κ2) is 12.8. The number of unbranched alkanes of at least 4 members (excludes halogenated alkanes) is 2. The van der Waals surface area contributed by atoms with Crippen molar-refractivity contribution in [3.63, 3.8) is 0 Å². The Balaban J connectivity index is 1.43. The molecule has 0 saturated carbocycles. The molecule has 0 aliphatic rings. The van der Waals surface area contributed by atoms with Crippen LogP contribution in [-0.2, 0) is 13.1 Å². The quantitative estimate of drug-likeness (QED) is 0.134. The van der Waals surface area contributed by atoms with E-state index in [1.54, 1.807) is 0 Å². The van der Waals surface area contributed by atoms with Gasteiger partial charge < -0.3 is 9.13 Å². The molecule has 218 valence electrons. The summed E-state index contributed by atoms with van der Waals surface area (Å²) in [7, 11) is 0. The summed E-state index contributed by atoms with van der Waals surface area (Å²) in [6.45, 7) is 11.5.